The first kappa shape index (κ1) is 17.9. The predicted molar refractivity (Wildman–Crippen MR) is 75.1 cm³/mol. The van der Waals surface area contributed by atoms with Gasteiger partial charge in [0.15, 0.2) is 0 Å². The third-order valence-corrected chi connectivity index (χ3v) is 4.77. The molecule has 0 aliphatic heterocycles. The molecule has 120 valence electrons. The Bertz CT molecular complexity index is 542. The van der Waals surface area contributed by atoms with Gasteiger partial charge in [-0.2, -0.15) is 13.2 Å². The van der Waals surface area contributed by atoms with Crippen LogP contribution in [0, 0.1) is 0 Å². The molecule has 21 heavy (non-hydrogen) atoms. The largest absolute Gasteiger partial charge is 0.390 e. The smallest absolute Gasteiger partial charge is 0.316 e. The van der Waals surface area contributed by atoms with Gasteiger partial charge in [0.1, 0.15) is 0 Å². The minimum absolute atomic E-state index is 0.304. The maximum atomic E-state index is 12.1. The molecule has 0 fully saturated rings. The number of benzene rings is 1. The number of sulfonamides is 1. The zero-order valence-electron chi connectivity index (χ0n) is 11.9. The molecule has 1 aromatic carbocycles. The molecule has 0 radical (unpaired) electrons. The van der Waals surface area contributed by atoms with Crippen molar-refractivity contribution in [1.29, 1.82) is 0 Å². The molecular formula is C13H19F3N2O2S. The number of rotatable bonds is 7. The molecule has 0 amide bonds. The Hall–Kier alpha value is -1.12. The van der Waals surface area contributed by atoms with Crippen molar-refractivity contribution in [2.75, 3.05) is 20.6 Å². The third-order valence-electron chi connectivity index (χ3n) is 2.94. The summed E-state index contributed by atoms with van der Waals surface area (Å²) in [5, 5.41) is 2.97. The lowest BCUT2D eigenvalue weighted by molar-refractivity contribution is -0.135. The lowest BCUT2D eigenvalue weighted by atomic mass is 10.1. The lowest BCUT2D eigenvalue weighted by Gasteiger charge is -2.18. The van der Waals surface area contributed by atoms with E-state index < -0.39 is 29.2 Å². The van der Waals surface area contributed by atoms with Crippen molar-refractivity contribution in [3.63, 3.8) is 0 Å². The van der Waals surface area contributed by atoms with Gasteiger partial charge in [0.2, 0.25) is 10.0 Å². The first-order valence-electron chi connectivity index (χ1n) is 6.37. The zero-order valence-corrected chi connectivity index (χ0v) is 12.8. The molecule has 0 aliphatic rings. The van der Waals surface area contributed by atoms with Gasteiger partial charge in [0.25, 0.3) is 0 Å². The molecule has 4 nitrogen and oxygen atoms in total. The van der Waals surface area contributed by atoms with Gasteiger partial charge in [-0.1, -0.05) is 24.3 Å². The van der Waals surface area contributed by atoms with E-state index in [0.717, 1.165) is 16.9 Å². The van der Waals surface area contributed by atoms with E-state index in [9.17, 15) is 21.6 Å². The van der Waals surface area contributed by atoms with E-state index in [2.05, 4.69) is 5.32 Å². The van der Waals surface area contributed by atoms with Crippen LogP contribution in [0.5, 0.6) is 0 Å². The fourth-order valence-corrected chi connectivity index (χ4v) is 2.91. The summed E-state index contributed by atoms with van der Waals surface area (Å²) < 4.78 is 61.1. The monoisotopic (exact) mass is 324 g/mol. The molecule has 1 aromatic rings. The van der Waals surface area contributed by atoms with Crippen LogP contribution in [0.25, 0.3) is 0 Å². The Balaban J connectivity index is 2.66. The number of halogens is 3. The van der Waals surface area contributed by atoms with Gasteiger partial charge in [-0.15, -0.1) is 0 Å². The Morgan fingerprint density at radius 1 is 1.14 bits per heavy atom. The normalized spacial score (nSPS) is 12.9. The van der Waals surface area contributed by atoms with Crippen LogP contribution >= 0.6 is 0 Å². The van der Waals surface area contributed by atoms with Crippen LogP contribution in [0.3, 0.4) is 0 Å². The zero-order chi connectivity index (χ0) is 16.1. The highest BCUT2D eigenvalue weighted by atomic mass is 32.2. The van der Waals surface area contributed by atoms with Crippen molar-refractivity contribution < 1.29 is 21.6 Å². The van der Waals surface area contributed by atoms with Crippen LogP contribution in [0.1, 0.15) is 17.5 Å². The number of hydrogen-bond donors (Lipinski definition) is 1. The van der Waals surface area contributed by atoms with Crippen LogP contribution in [0.4, 0.5) is 13.2 Å². The molecule has 0 saturated carbocycles. The second-order valence-electron chi connectivity index (χ2n) is 4.79. The highest BCUT2D eigenvalue weighted by Gasteiger charge is 2.29. The molecule has 1 N–H and O–H groups in total. The lowest BCUT2D eigenvalue weighted by Crippen LogP contribution is -2.31. The van der Waals surface area contributed by atoms with Gasteiger partial charge < -0.3 is 5.32 Å². The van der Waals surface area contributed by atoms with Crippen molar-refractivity contribution in [2.24, 2.45) is 0 Å². The standard InChI is InChI=1S/C13H19F3N2O2S/c1-17-9-11-3-5-12(6-4-11)10-21(19,20)18(2)8-7-13(14,15)16/h3-6,17H,7-10H2,1-2H3. The summed E-state index contributed by atoms with van der Waals surface area (Å²) in [6.45, 7) is 0.0994. The predicted octanol–water partition coefficient (Wildman–Crippen LogP) is 2.12. The van der Waals surface area contributed by atoms with E-state index in [1.807, 2.05) is 0 Å². The van der Waals surface area contributed by atoms with Crippen LogP contribution in [0.2, 0.25) is 0 Å². The summed E-state index contributed by atoms with van der Waals surface area (Å²) in [6.07, 6.45) is -5.51. The topological polar surface area (TPSA) is 49.4 Å². The summed E-state index contributed by atoms with van der Waals surface area (Å²) >= 11 is 0. The molecule has 0 bridgehead atoms. The summed E-state index contributed by atoms with van der Waals surface area (Å²) in [7, 11) is -0.780. The number of nitrogens with one attached hydrogen (secondary N) is 1. The fourth-order valence-electron chi connectivity index (χ4n) is 1.70. The molecule has 0 heterocycles. The van der Waals surface area contributed by atoms with Crippen molar-refractivity contribution in [3.05, 3.63) is 35.4 Å². The van der Waals surface area contributed by atoms with E-state index in [-0.39, 0.29) is 5.75 Å². The number of alkyl halides is 3. The van der Waals surface area contributed by atoms with Crippen molar-refractivity contribution in [2.45, 2.75) is 24.9 Å². The number of nitrogens with zero attached hydrogens (tertiary/aromatic N) is 1. The Labute approximate surface area is 123 Å². The quantitative estimate of drug-likeness (QED) is 0.836. The average molecular weight is 324 g/mol. The second kappa shape index (κ2) is 7.24. The van der Waals surface area contributed by atoms with Gasteiger partial charge in [-0.05, 0) is 18.2 Å². The van der Waals surface area contributed by atoms with Gasteiger partial charge in [0.05, 0.1) is 12.2 Å². The van der Waals surface area contributed by atoms with Gasteiger partial charge in [-0.3, -0.25) is 0 Å². The molecule has 0 saturated heterocycles. The Morgan fingerprint density at radius 3 is 2.14 bits per heavy atom. The highest BCUT2D eigenvalue weighted by molar-refractivity contribution is 7.88. The first-order valence-corrected chi connectivity index (χ1v) is 7.98. The SMILES string of the molecule is CNCc1ccc(CS(=O)(=O)N(C)CCC(F)(F)F)cc1. The number of hydrogen-bond acceptors (Lipinski definition) is 3. The summed E-state index contributed by atoms with van der Waals surface area (Å²) in [6, 6.07) is 6.91. The Morgan fingerprint density at radius 2 is 1.67 bits per heavy atom. The fraction of sp³-hybridized carbons (Fsp3) is 0.538. The first-order chi connectivity index (χ1) is 9.64. The van der Waals surface area contributed by atoms with E-state index in [0.29, 0.717) is 12.1 Å². The minimum Gasteiger partial charge on any atom is -0.316 e. The molecule has 0 atom stereocenters. The van der Waals surface area contributed by atoms with Gasteiger partial charge in [0, 0.05) is 20.1 Å². The minimum atomic E-state index is -4.36. The van der Waals surface area contributed by atoms with Gasteiger partial charge >= 0.3 is 6.18 Å². The molecule has 1 rings (SSSR count). The van der Waals surface area contributed by atoms with Crippen molar-refractivity contribution in [3.8, 4) is 0 Å². The molecule has 0 unspecified atom stereocenters. The van der Waals surface area contributed by atoms with Crippen LogP contribution < -0.4 is 5.32 Å². The average Bonchev–Trinajstić information content (AvgIpc) is 2.37. The van der Waals surface area contributed by atoms with Crippen LogP contribution in [-0.2, 0) is 22.3 Å². The van der Waals surface area contributed by atoms with Crippen LogP contribution in [-0.4, -0.2) is 39.5 Å². The maximum absolute atomic E-state index is 12.1. The van der Waals surface area contributed by atoms with Crippen molar-refractivity contribution in [1.82, 2.24) is 9.62 Å². The highest BCUT2D eigenvalue weighted by Crippen LogP contribution is 2.21. The molecular weight excluding hydrogens is 305 g/mol. The molecule has 0 spiro atoms. The Kier molecular flexibility index (Phi) is 6.18. The van der Waals surface area contributed by atoms with E-state index in [1.165, 1.54) is 0 Å². The summed E-state index contributed by atoms with van der Waals surface area (Å²) in [5.74, 6) is -0.304. The third kappa shape index (κ3) is 6.45. The van der Waals surface area contributed by atoms with E-state index in [4.69, 9.17) is 0 Å². The molecule has 0 aliphatic carbocycles. The van der Waals surface area contributed by atoms with Crippen LogP contribution in [0.15, 0.2) is 24.3 Å². The van der Waals surface area contributed by atoms with Crippen molar-refractivity contribution >= 4 is 10.0 Å². The maximum Gasteiger partial charge on any atom is 0.390 e. The molecule has 0 aromatic heterocycles. The summed E-state index contributed by atoms with van der Waals surface area (Å²) in [5.41, 5.74) is 1.55. The second-order valence-corrected chi connectivity index (χ2v) is 6.87. The molecule has 8 heteroatoms. The summed E-state index contributed by atoms with van der Waals surface area (Å²) in [4.78, 5) is 0. The van der Waals surface area contributed by atoms with Gasteiger partial charge in [-0.25, -0.2) is 12.7 Å². The van der Waals surface area contributed by atoms with E-state index in [1.54, 1.807) is 31.3 Å². The van der Waals surface area contributed by atoms with E-state index >= 15 is 0 Å².